The van der Waals surface area contributed by atoms with E-state index < -0.39 is 6.09 Å². The van der Waals surface area contributed by atoms with E-state index in [1.54, 1.807) is 12.1 Å². The van der Waals surface area contributed by atoms with Crippen molar-refractivity contribution in [2.45, 2.75) is 6.10 Å². The smallest absolute Gasteiger partial charge is 0.417 e. The summed E-state index contributed by atoms with van der Waals surface area (Å²) in [5.41, 5.74) is 5.38. The maximum absolute atomic E-state index is 11.3. The number of carbonyl (C=O) groups is 1. The molecule has 2 heterocycles. The number of carbonyl (C=O) groups excluding carboxylic acids is 1. The molecule has 6 heteroatoms. The highest BCUT2D eigenvalue weighted by molar-refractivity contribution is 6.29. The summed E-state index contributed by atoms with van der Waals surface area (Å²) in [4.78, 5) is 12.7. The third-order valence-electron chi connectivity index (χ3n) is 1.96. The van der Waals surface area contributed by atoms with Crippen molar-refractivity contribution in [3.8, 4) is 0 Å². The van der Waals surface area contributed by atoms with Gasteiger partial charge in [-0.25, -0.2) is 9.69 Å². The molecule has 1 aromatic heterocycles. The van der Waals surface area contributed by atoms with Gasteiger partial charge in [-0.05, 0) is 17.7 Å². The Morgan fingerprint density at radius 2 is 2.43 bits per heavy atom. The van der Waals surface area contributed by atoms with Gasteiger partial charge in [-0.2, -0.15) is 0 Å². The van der Waals surface area contributed by atoms with E-state index in [-0.39, 0.29) is 11.3 Å². The molecule has 14 heavy (non-hydrogen) atoms. The number of halogens is 1. The fourth-order valence-electron chi connectivity index (χ4n) is 1.27. The van der Waals surface area contributed by atoms with Gasteiger partial charge in [0.2, 0.25) is 5.88 Å². The number of cyclic esters (lactones) is 1. The maximum atomic E-state index is 11.3. The van der Waals surface area contributed by atoms with Crippen molar-refractivity contribution < 1.29 is 13.9 Å². The third-order valence-corrected chi connectivity index (χ3v) is 2.17. The van der Waals surface area contributed by atoms with E-state index in [1.807, 2.05) is 0 Å². The molecule has 76 valence electrons. The van der Waals surface area contributed by atoms with Gasteiger partial charge in [0.05, 0.1) is 6.54 Å². The molecule has 0 aromatic carbocycles. The van der Waals surface area contributed by atoms with Crippen LogP contribution in [0.2, 0.25) is 5.22 Å². The highest BCUT2D eigenvalue weighted by Crippen LogP contribution is 2.25. The molecule has 1 atom stereocenters. The molecule has 1 saturated heterocycles. The molecule has 0 unspecified atom stereocenters. The van der Waals surface area contributed by atoms with Crippen molar-refractivity contribution in [1.29, 1.82) is 0 Å². The fourth-order valence-corrected chi connectivity index (χ4v) is 1.42. The molecule has 0 aliphatic carbocycles. The summed E-state index contributed by atoms with van der Waals surface area (Å²) in [6.07, 6.45) is -0.724. The number of hydrogen-bond donors (Lipinski definition) is 1. The zero-order chi connectivity index (χ0) is 10.1. The van der Waals surface area contributed by atoms with Gasteiger partial charge in [0.15, 0.2) is 5.22 Å². The number of nitrogens with zero attached hydrogens (tertiary/aromatic N) is 1. The molecular weight excluding hydrogens is 208 g/mol. The summed E-state index contributed by atoms with van der Waals surface area (Å²) in [6, 6.07) is 3.18. The number of anilines is 1. The molecule has 0 spiro atoms. The summed E-state index contributed by atoms with van der Waals surface area (Å²) >= 11 is 5.59. The van der Waals surface area contributed by atoms with E-state index in [0.717, 1.165) is 0 Å². The van der Waals surface area contributed by atoms with Crippen molar-refractivity contribution in [3.05, 3.63) is 17.4 Å². The molecule has 1 aliphatic heterocycles. The number of furan rings is 1. The Hall–Kier alpha value is -1.20. The average molecular weight is 217 g/mol. The first-order valence-corrected chi connectivity index (χ1v) is 4.52. The number of rotatable bonds is 2. The Bertz CT molecular complexity index is 352. The van der Waals surface area contributed by atoms with E-state index in [4.69, 9.17) is 26.5 Å². The number of amides is 1. The predicted octanol–water partition coefficient (Wildman–Crippen LogP) is 1.22. The van der Waals surface area contributed by atoms with Crippen LogP contribution in [-0.4, -0.2) is 25.3 Å². The molecule has 0 radical (unpaired) electrons. The zero-order valence-corrected chi connectivity index (χ0v) is 8.03. The lowest BCUT2D eigenvalue weighted by Crippen LogP contribution is -2.27. The maximum Gasteiger partial charge on any atom is 0.417 e. The van der Waals surface area contributed by atoms with Gasteiger partial charge in [-0.15, -0.1) is 0 Å². The van der Waals surface area contributed by atoms with Crippen LogP contribution in [0.4, 0.5) is 10.7 Å². The summed E-state index contributed by atoms with van der Waals surface area (Å²) in [7, 11) is 0. The van der Waals surface area contributed by atoms with Crippen LogP contribution >= 0.6 is 11.6 Å². The summed E-state index contributed by atoms with van der Waals surface area (Å²) < 4.78 is 10.0. The van der Waals surface area contributed by atoms with E-state index in [9.17, 15) is 4.79 Å². The van der Waals surface area contributed by atoms with Crippen LogP contribution < -0.4 is 10.6 Å². The standard InChI is InChI=1S/C8H9ClN2O3/c9-6-1-2-7(14-6)11-4-5(3-10)13-8(11)12/h1-2,5H,3-4,10H2/t5-/m0/s1. The lowest BCUT2D eigenvalue weighted by atomic mass is 10.3. The first-order chi connectivity index (χ1) is 6.70. The minimum atomic E-state index is -0.452. The molecule has 0 saturated carbocycles. The van der Waals surface area contributed by atoms with Crippen LogP contribution in [0.1, 0.15) is 0 Å². The molecular formula is C8H9ClN2O3. The minimum absolute atomic E-state index is 0.240. The Morgan fingerprint density at radius 1 is 1.64 bits per heavy atom. The number of ether oxygens (including phenoxy) is 1. The molecule has 2 rings (SSSR count). The first kappa shape index (κ1) is 9.36. The van der Waals surface area contributed by atoms with Gasteiger partial charge in [0.1, 0.15) is 6.10 Å². The van der Waals surface area contributed by atoms with Crippen molar-refractivity contribution in [2.75, 3.05) is 18.0 Å². The topological polar surface area (TPSA) is 68.7 Å². The van der Waals surface area contributed by atoms with Gasteiger partial charge in [0, 0.05) is 12.6 Å². The highest BCUT2D eigenvalue weighted by Gasteiger charge is 2.33. The van der Waals surface area contributed by atoms with Crippen LogP contribution in [0.5, 0.6) is 0 Å². The molecule has 1 fully saturated rings. The van der Waals surface area contributed by atoms with E-state index >= 15 is 0 Å². The third kappa shape index (κ3) is 1.56. The SMILES string of the molecule is NC[C@H]1CN(c2ccc(Cl)o2)C(=O)O1. The van der Waals surface area contributed by atoms with Gasteiger partial charge in [0.25, 0.3) is 0 Å². The summed E-state index contributed by atoms with van der Waals surface area (Å²) in [5.74, 6) is 0.385. The Balaban J connectivity index is 2.16. The minimum Gasteiger partial charge on any atom is -0.443 e. The second kappa shape index (κ2) is 3.51. The summed E-state index contributed by atoms with van der Waals surface area (Å²) in [5, 5.41) is 0.240. The van der Waals surface area contributed by atoms with Gasteiger partial charge in [-0.3, -0.25) is 0 Å². The van der Waals surface area contributed by atoms with Crippen LogP contribution in [-0.2, 0) is 4.74 Å². The highest BCUT2D eigenvalue weighted by atomic mass is 35.5. The average Bonchev–Trinajstić information content (AvgIpc) is 2.71. The van der Waals surface area contributed by atoms with Crippen molar-refractivity contribution >= 4 is 23.6 Å². The Kier molecular flexibility index (Phi) is 2.35. The van der Waals surface area contributed by atoms with Crippen LogP contribution in [0.25, 0.3) is 0 Å². The zero-order valence-electron chi connectivity index (χ0n) is 7.27. The van der Waals surface area contributed by atoms with E-state index in [0.29, 0.717) is 19.0 Å². The molecule has 2 N–H and O–H groups in total. The molecule has 1 amide bonds. The summed E-state index contributed by atoms with van der Waals surface area (Å²) in [6.45, 7) is 0.704. The van der Waals surface area contributed by atoms with Gasteiger partial charge < -0.3 is 14.9 Å². The Morgan fingerprint density at radius 3 is 2.93 bits per heavy atom. The van der Waals surface area contributed by atoms with Crippen LogP contribution in [0.15, 0.2) is 16.5 Å². The largest absolute Gasteiger partial charge is 0.443 e. The first-order valence-electron chi connectivity index (χ1n) is 4.14. The van der Waals surface area contributed by atoms with Crippen LogP contribution in [0.3, 0.4) is 0 Å². The second-order valence-electron chi connectivity index (χ2n) is 2.93. The molecule has 5 nitrogen and oxygen atoms in total. The second-order valence-corrected chi connectivity index (χ2v) is 3.30. The molecule has 0 bridgehead atoms. The predicted molar refractivity (Wildman–Crippen MR) is 50.4 cm³/mol. The van der Waals surface area contributed by atoms with Crippen molar-refractivity contribution in [2.24, 2.45) is 5.73 Å². The van der Waals surface area contributed by atoms with Gasteiger partial charge in [-0.1, -0.05) is 0 Å². The van der Waals surface area contributed by atoms with E-state index in [1.165, 1.54) is 4.90 Å². The molecule has 1 aromatic rings. The van der Waals surface area contributed by atoms with Crippen molar-refractivity contribution in [1.82, 2.24) is 0 Å². The number of nitrogens with two attached hydrogens (primary N) is 1. The van der Waals surface area contributed by atoms with E-state index in [2.05, 4.69) is 0 Å². The van der Waals surface area contributed by atoms with Crippen LogP contribution in [0, 0.1) is 0 Å². The monoisotopic (exact) mass is 216 g/mol. The van der Waals surface area contributed by atoms with Gasteiger partial charge >= 0.3 is 6.09 Å². The van der Waals surface area contributed by atoms with Crippen molar-refractivity contribution in [3.63, 3.8) is 0 Å². The fraction of sp³-hybridized carbons (Fsp3) is 0.375. The Labute approximate surface area is 85.4 Å². The number of hydrogen-bond acceptors (Lipinski definition) is 4. The quantitative estimate of drug-likeness (QED) is 0.807. The lowest BCUT2D eigenvalue weighted by Gasteiger charge is -2.07. The normalized spacial score (nSPS) is 21.4. The lowest BCUT2D eigenvalue weighted by molar-refractivity contribution is 0.145. The molecule has 1 aliphatic rings.